The first-order chi connectivity index (χ1) is 11.2. The largest absolute Gasteiger partial charge is 0.375 e. The number of aliphatic hydroxyl groups is 1. The molecule has 124 valence electrons. The van der Waals surface area contributed by atoms with E-state index in [1.165, 1.54) is 19.1 Å². The van der Waals surface area contributed by atoms with Crippen molar-refractivity contribution in [2.45, 2.75) is 12.5 Å². The molecule has 0 saturated heterocycles. The van der Waals surface area contributed by atoms with Gasteiger partial charge in [0.2, 0.25) is 0 Å². The quantitative estimate of drug-likeness (QED) is 0.775. The number of amides is 1. The maximum absolute atomic E-state index is 12.7. The van der Waals surface area contributed by atoms with Crippen LogP contribution in [0.2, 0.25) is 15.1 Å². The third-order valence-electron chi connectivity index (χ3n) is 4.20. The number of halogens is 3. The van der Waals surface area contributed by atoms with Gasteiger partial charge in [-0.25, -0.2) is 0 Å². The van der Waals surface area contributed by atoms with Crippen LogP contribution in [0.25, 0.3) is 0 Å². The maximum Gasteiger partial charge on any atom is 0.261 e. The fourth-order valence-corrected chi connectivity index (χ4v) is 3.48. The van der Waals surface area contributed by atoms with Crippen LogP contribution in [0.15, 0.2) is 36.4 Å². The number of rotatable bonds is 3. The standard InChI is InChI=1S/C17H12Cl3NO3/c1-8(15(22)9-2-4-10(18)5-3-9)17(24)12-6-11(19)7-13(20)14(12)21-16(17)23/h2-8,24H,1H3,(H,21,23)/t8-,17+/m1/s1. The molecule has 0 saturated carbocycles. The van der Waals surface area contributed by atoms with Gasteiger partial charge >= 0.3 is 0 Å². The molecule has 4 nitrogen and oxygen atoms in total. The van der Waals surface area contributed by atoms with E-state index in [0.29, 0.717) is 10.6 Å². The Morgan fingerprint density at radius 1 is 1.12 bits per heavy atom. The summed E-state index contributed by atoms with van der Waals surface area (Å²) in [4.78, 5) is 25.1. The lowest BCUT2D eigenvalue weighted by Gasteiger charge is -2.27. The third-order valence-corrected chi connectivity index (χ3v) is 4.97. The predicted molar refractivity (Wildman–Crippen MR) is 93.9 cm³/mol. The summed E-state index contributed by atoms with van der Waals surface area (Å²) in [6.07, 6.45) is 0. The minimum atomic E-state index is -2.05. The van der Waals surface area contributed by atoms with Gasteiger partial charge in [0, 0.05) is 21.2 Å². The number of carbonyl (C=O) groups excluding carboxylic acids is 2. The minimum Gasteiger partial charge on any atom is -0.375 e. The highest BCUT2D eigenvalue weighted by Gasteiger charge is 2.52. The van der Waals surface area contributed by atoms with Crippen LogP contribution in [0.1, 0.15) is 22.8 Å². The monoisotopic (exact) mass is 383 g/mol. The number of carbonyl (C=O) groups is 2. The normalized spacial score (nSPS) is 20.5. The zero-order valence-corrected chi connectivity index (χ0v) is 14.7. The number of hydrogen-bond acceptors (Lipinski definition) is 3. The molecular weight excluding hydrogens is 373 g/mol. The van der Waals surface area contributed by atoms with E-state index in [1.807, 2.05) is 0 Å². The molecule has 1 amide bonds. The smallest absolute Gasteiger partial charge is 0.261 e. The van der Waals surface area contributed by atoms with Gasteiger partial charge in [-0.3, -0.25) is 9.59 Å². The van der Waals surface area contributed by atoms with Crippen LogP contribution in [0.3, 0.4) is 0 Å². The number of benzene rings is 2. The molecule has 2 N–H and O–H groups in total. The van der Waals surface area contributed by atoms with Crippen LogP contribution < -0.4 is 5.32 Å². The van der Waals surface area contributed by atoms with E-state index in [9.17, 15) is 14.7 Å². The third kappa shape index (κ3) is 2.60. The van der Waals surface area contributed by atoms with E-state index in [1.54, 1.807) is 24.3 Å². The van der Waals surface area contributed by atoms with Crippen LogP contribution in [-0.2, 0) is 10.4 Å². The van der Waals surface area contributed by atoms with E-state index in [2.05, 4.69) is 5.32 Å². The molecule has 0 fully saturated rings. The average Bonchev–Trinajstić information content (AvgIpc) is 2.80. The molecule has 1 heterocycles. The van der Waals surface area contributed by atoms with Gasteiger partial charge in [-0.1, -0.05) is 41.7 Å². The number of Topliss-reactive ketones (excluding diaryl/α,β-unsaturated/α-hetero) is 1. The molecule has 0 bridgehead atoms. The molecule has 0 aliphatic carbocycles. The number of anilines is 1. The van der Waals surface area contributed by atoms with Gasteiger partial charge in [-0.15, -0.1) is 0 Å². The molecular formula is C17H12Cl3NO3. The van der Waals surface area contributed by atoms with E-state index in [-0.39, 0.29) is 21.3 Å². The van der Waals surface area contributed by atoms with Crippen molar-refractivity contribution in [3.63, 3.8) is 0 Å². The van der Waals surface area contributed by atoms with E-state index < -0.39 is 23.2 Å². The van der Waals surface area contributed by atoms with Gasteiger partial charge < -0.3 is 10.4 Å². The molecule has 1 aliphatic rings. The van der Waals surface area contributed by atoms with Crippen molar-refractivity contribution in [2.75, 3.05) is 5.32 Å². The lowest BCUT2D eigenvalue weighted by atomic mass is 9.79. The van der Waals surface area contributed by atoms with Crippen LogP contribution >= 0.6 is 34.8 Å². The number of nitrogens with one attached hydrogen (secondary N) is 1. The Bertz CT molecular complexity index is 851. The van der Waals surface area contributed by atoms with Crippen molar-refractivity contribution in [3.8, 4) is 0 Å². The van der Waals surface area contributed by atoms with Crippen LogP contribution in [-0.4, -0.2) is 16.8 Å². The van der Waals surface area contributed by atoms with Gasteiger partial charge in [0.05, 0.1) is 16.6 Å². The molecule has 2 aromatic carbocycles. The minimum absolute atomic E-state index is 0.194. The summed E-state index contributed by atoms with van der Waals surface area (Å²) in [5.74, 6) is -2.15. The maximum atomic E-state index is 12.7. The van der Waals surface area contributed by atoms with Crippen molar-refractivity contribution in [1.29, 1.82) is 0 Å². The van der Waals surface area contributed by atoms with Crippen molar-refractivity contribution in [1.82, 2.24) is 0 Å². The first kappa shape index (κ1) is 17.2. The number of hydrogen-bond donors (Lipinski definition) is 2. The molecule has 7 heteroatoms. The second-order valence-electron chi connectivity index (χ2n) is 5.62. The predicted octanol–water partition coefficient (Wildman–Crippen LogP) is 4.31. The van der Waals surface area contributed by atoms with Gasteiger partial charge in [0.15, 0.2) is 11.4 Å². The molecule has 0 unspecified atom stereocenters. The van der Waals surface area contributed by atoms with Crippen molar-refractivity contribution < 1.29 is 14.7 Å². The first-order valence-corrected chi connectivity index (χ1v) is 8.21. The van der Waals surface area contributed by atoms with Gasteiger partial charge in [0.25, 0.3) is 5.91 Å². The molecule has 24 heavy (non-hydrogen) atoms. The average molecular weight is 385 g/mol. The lowest BCUT2D eigenvalue weighted by molar-refractivity contribution is -0.137. The molecule has 3 rings (SSSR count). The van der Waals surface area contributed by atoms with E-state index in [0.717, 1.165) is 0 Å². The zero-order valence-electron chi connectivity index (χ0n) is 12.4. The highest BCUT2D eigenvalue weighted by molar-refractivity contribution is 6.38. The number of ketones is 1. The molecule has 0 radical (unpaired) electrons. The number of fused-ring (bicyclic) bond motifs is 1. The van der Waals surface area contributed by atoms with E-state index in [4.69, 9.17) is 34.8 Å². The second kappa shape index (κ2) is 6.05. The Hall–Kier alpha value is -1.59. The lowest BCUT2D eigenvalue weighted by Crippen LogP contribution is -2.44. The molecule has 0 spiro atoms. The second-order valence-corrected chi connectivity index (χ2v) is 6.90. The van der Waals surface area contributed by atoms with Crippen LogP contribution in [0.4, 0.5) is 5.69 Å². The topological polar surface area (TPSA) is 66.4 Å². The Labute approximate surface area is 153 Å². The highest BCUT2D eigenvalue weighted by atomic mass is 35.5. The molecule has 1 aliphatic heterocycles. The Morgan fingerprint density at radius 3 is 2.38 bits per heavy atom. The fraction of sp³-hybridized carbons (Fsp3) is 0.176. The van der Waals surface area contributed by atoms with E-state index >= 15 is 0 Å². The summed E-state index contributed by atoms with van der Waals surface area (Å²) in [6.45, 7) is 1.49. The van der Waals surface area contributed by atoms with Crippen LogP contribution in [0.5, 0.6) is 0 Å². The van der Waals surface area contributed by atoms with Crippen molar-refractivity contribution >= 4 is 52.2 Å². The van der Waals surface area contributed by atoms with Crippen LogP contribution in [0, 0.1) is 5.92 Å². The Morgan fingerprint density at radius 2 is 1.75 bits per heavy atom. The summed E-state index contributed by atoms with van der Waals surface area (Å²) in [6, 6.07) is 9.13. The zero-order chi connectivity index (χ0) is 17.6. The summed E-state index contributed by atoms with van der Waals surface area (Å²) in [7, 11) is 0. The molecule has 0 aromatic heterocycles. The summed E-state index contributed by atoms with van der Waals surface area (Å²) in [5, 5.41) is 14.5. The molecule has 2 atom stereocenters. The van der Waals surface area contributed by atoms with Gasteiger partial charge in [-0.2, -0.15) is 0 Å². The summed E-state index contributed by atoms with van der Waals surface area (Å²) >= 11 is 17.9. The highest BCUT2D eigenvalue weighted by Crippen LogP contribution is 2.46. The SMILES string of the molecule is C[C@H](C(=O)c1ccc(Cl)cc1)[C@@]1(O)C(=O)Nc2c(Cl)cc(Cl)cc21. The Kier molecular flexibility index (Phi) is 4.34. The van der Waals surface area contributed by atoms with Crippen molar-refractivity contribution in [2.24, 2.45) is 5.92 Å². The first-order valence-electron chi connectivity index (χ1n) is 7.08. The Balaban J connectivity index is 2.06. The van der Waals surface area contributed by atoms with Gasteiger partial charge in [-0.05, 0) is 36.4 Å². The molecule has 2 aromatic rings. The summed E-state index contributed by atoms with van der Waals surface area (Å²) < 4.78 is 0. The van der Waals surface area contributed by atoms with Gasteiger partial charge in [0.1, 0.15) is 0 Å². The summed E-state index contributed by atoms with van der Waals surface area (Å²) in [5.41, 5.74) is -1.25. The van der Waals surface area contributed by atoms with Crippen molar-refractivity contribution in [3.05, 3.63) is 62.6 Å². The fourth-order valence-electron chi connectivity index (χ4n) is 2.82.